The maximum Gasteiger partial charge on any atom is 0.254 e. The van der Waals surface area contributed by atoms with Crippen molar-refractivity contribution in [1.82, 2.24) is 14.7 Å². The Balaban J connectivity index is 1.97. The number of amides is 1. The van der Waals surface area contributed by atoms with Crippen molar-refractivity contribution >= 4 is 50.9 Å². The zero-order valence-electron chi connectivity index (χ0n) is 10.4. The fourth-order valence-corrected chi connectivity index (χ4v) is 4.59. The Labute approximate surface area is 132 Å². The Morgan fingerprint density at radius 3 is 3.00 bits per heavy atom. The van der Waals surface area contributed by atoms with E-state index in [0.717, 1.165) is 42.7 Å². The van der Waals surface area contributed by atoms with Gasteiger partial charge in [-0.2, -0.15) is 4.37 Å². The quantitative estimate of drug-likeness (QED) is 0.622. The van der Waals surface area contributed by atoms with Crippen LogP contribution in [-0.4, -0.2) is 21.8 Å². The molecule has 4 nitrogen and oxygen atoms in total. The van der Waals surface area contributed by atoms with Crippen LogP contribution in [0.25, 0.3) is 21.5 Å². The standard InChI is InChI=1S/C14H10IN3OS/c15-11-10-9(5-6-16-14(10)19)17-12(11)13-7-3-1-2-4-8(7)18-20-13/h1-4,17H,5-6H2,(H,16,19). The Bertz CT molecular complexity index is 836. The summed E-state index contributed by atoms with van der Waals surface area (Å²) in [6, 6.07) is 8.09. The maximum absolute atomic E-state index is 12.0. The molecule has 0 aliphatic carbocycles. The first-order valence-corrected chi connectivity index (χ1v) is 8.14. The first kappa shape index (κ1) is 12.3. The van der Waals surface area contributed by atoms with Crippen molar-refractivity contribution < 1.29 is 4.79 Å². The second-order valence-corrected chi connectivity index (χ2v) is 6.55. The van der Waals surface area contributed by atoms with E-state index in [9.17, 15) is 4.79 Å². The van der Waals surface area contributed by atoms with Gasteiger partial charge in [0.15, 0.2) is 0 Å². The summed E-state index contributed by atoms with van der Waals surface area (Å²) >= 11 is 3.73. The summed E-state index contributed by atoms with van der Waals surface area (Å²) in [7, 11) is 0. The van der Waals surface area contributed by atoms with Crippen LogP contribution in [0.3, 0.4) is 0 Å². The number of aromatic nitrogens is 2. The number of carbonyl (C=O) groups is 1. The molecule has 3 heterocycles. The molecular weight excluding hydrogens is 385 g/mol. The minimum Gasteiger partial charge on any atom is -0.356 e. The molecule has 0 spiro atoms. The van der Waals surface area contributed by atoms with Crippen molar-refractivity contribution in [3.63, 3.8) is 0 Å². The number of fused-ring (bicyclic) bond motifs is 2. The highest BCUT2D eigenvalue weighted by Crippen LogP contribution is 2.37. The third kappa shape index (κ3) is 1.71. The van der Waals surface area contributed by atoms with Gasteiger partial charge in [-0.1, -0.05) is 18.2 Å². The number of H-pyrrole nitrogens is 1. The number of aromatic amines is 1. The van der Waals surface area contributed by atoms with E-state index in [-0.39, 0.29) is 5.91 Å². The number of benzene rings is 1. The molecule has 3 aromatic rings. The molecule has 0 unspecified atom stereocenters. The lowest BCUT2D eigenvalue weighted by Gasteiger charge is -2.11. The molecule has 0 atom stereocenters. The Hall–Kier alpha value is -1.41. The summed E-state index contributed by atoms with van der Waals surface area (Å²) in [4.78, 5) is 16.5. The summed E-state index contributed by atoms with van der Waals surface area (Å²) in [5.41, 5.74) is 3.85. The average molecular weight is 395 g/mol. The van der Waals surface area contributed by atoms with Gasteiger partial charge in [0.2, 0.25) is 0 Å². The highest BCUT2D eigenvalue weighted by Gasteiger charge is 2.26. The molecule has 0 fully saturated rings. The SMILES string of the molecule is O=C1NCCc2[nH]c(-c3snc4ccccc34)c(I)c21. The van der Waals surface area contributed by atoms with Crippen LogP contribution in [0.5, 0.6) is 0 Å². The van der Waals surface area contributed by atoms with E-state index in [0.29, 0.717) is 6.54 Å². The molecule has 6 heteroatoms. The Kier molecular flexibility index (Phi) is 2.81. The van der Waals surface area contributed by atoms with Crippen LogP contribution in [0.1, 0.15) is 16.1 Å². The molecule has 20 heavy (non-hydrogen) atoms. The molecule has 0 bridgehead atoms. The van der Waals surface area contributed by atoms with E-state index in [4.69, 9.17) is 0 Å². The van der Waals surface area contributed by atoms with Crippen molar-refractivity contribution in [1.29, 1.82) is 0 Å². The molecule has 0 saturated carbocycles. The van der Waals surface area contributed by atoms with Crippen LogP contribution in [0, 0.1) is 3.57 Å². The van der Waals surface area contributed by atoms with Crippen molar-refractivity contribution in [2.75, 3.05) is 6.54 Å². The summed E-state index contributed by atoms with van der Waals surface area (Å²) in [5.74, 6) is 0.0203. The predicted octanol–water partition coefficient (Wildman–Crippen LogP) is 3.18. The van der Waals surface area contributed by atoms with Gasteiger partial charge in [-0.15, -0.1) is 0 Å². The minimum absolute atomic E-state index is 0.0203. The van der Waals surface area contributed by atoms with Crippen molar-refractivity contribution in [2.24, 2.45) is 0 Å². The molecule has 4 rings (SSSR count). The third-order valence-electron chi connectivity index (χ3n) is 3.52. The van der Waals surface area contributed by atoms with Gasteiger partial charge in [-0.25, -0.2) is 0 Å². The van der Waals surface area contributed by atoms with E-state index in [2.05, 4.69) is 43.3 Å². The van der Waals surface area contributed by atoms with Gasteiger partial charge < -0.3 is 10.3 Å². The van der Waals surface area contributed by atoms with E-state index in [1.54, 1.807) is 0 Å². The minimum atomic E-state index is 0.0203. The van der Waals surface area contributed by atoms with Crippen LogP contribution in [0.15, 0.2) is 24.3 Å². The zero-order valence-corrected chi connectivity index (χ0v) is 13.3. The Morgan fingerprint density at radius 1 is 1.30 bits per heavy atom. The topological polar surface area (TPSA) is 57.8 Å². The van der Waals surface area contributed by atoms with Crippen LogP contribution in [0.4, 0.5) is 0 Å². The number of halogens is 1. The van der Waals surface area contributed by atoms with Gasteiger partial charge in [-0.05, 0) is 40.2 Å². The fraction of sp³-hybridized carbons (Fsp3) is 0.143. The molecule has 1 amide bonds. The molecule has 0 radical (unpaired) electrons. The van der Waals surface area contributed by atoms with E-state index < -0.39 is 0 Å². The van der Waals surface area contributed by atoms with E-state index >= 15 is 0 Å². The molecule has 1 aromatic carbocycles. The second kappa shape index (κ2) is 4.56. The van der Waals surface area contributed by atoms with Gasteiger partial charge in [-0.3, -0.25) is 4.79 Å². The number of hydrogen-bond donors (Lipinski definition) is 2. The second-order valence-electron chi connectivity index (χ2n) is 4.70. The highest BCUT2D eigenvalue weighted by atomic mass is 127. The first-order valence-electron chi connectivity index (χ1n) is 6.29. The van der Waals surface area contributed by atoms with Crippen molar-refractivity contribution in [2.45, 2.75) is 6.42 Å². The normalized spacial score (nSPS) is 14.3. The van der Waals surface area contributed by atoms with Gasteiger partial charge >= 0.3 is 0 Å². The summed E-state index contributed by atoms with van der Waals surface area (Å²) in [5, 5.41) is 4.03. The number of rotatable bonds is 1. The summed E-state index contributed by atoms with van der Waals surface area (Å²) in [6.07, 6.45) is 0.855. The summed E-state index contributed by atoms with van der Waals surface area (Å²) in [6.45, 7) is 0.700. The van der Waals surface area contributed by atoms with Gasteiger partial charge in [0.1, 0.15) is 0 Å². The monoisotopic (exact) mass is 395 g/mol. The van der Waals surface area contributed by atoms with Gasteiger partial charge in [0, 0.05) is 24.0 Å². The Morgan fingerprint density at radius 2 is 2.15 bits per heavy atom. The predicted molar refractivity (Wildman–Crippen MR) is 88.2 cm³/mol. The molecule has 100 valence electrons. The number of nitrogens with zero attached hydrogens (tertiary/aromatic N) is 1. The van der Waals surface area contributed by atoms with Crippen LogP contribution >= 0.6 is 34.1 Å². The molecular formula is C14H10IN3OS. The zero-order chi connectivity index (χ0) is 13.7. The number of hydrogen-bond acceptors (Lipinski definition) is 3. The molecule has 0 saturated heterocycles. The third-order valence-corrected chi connectivity index (χ3v) is 5.49. The van der Waals surface area contributed by atoms with Crippen molar-refractivity contribution in [3.8, 4) is 10.6 Å². The lowest BCUT2D eigenvalue weighted by Crippen LogP contribution is -2.31. The number of carbonyl (C=O) groups excluding carboxylic acids is 1. The maximum atomic E-state index is 12.0. The van der Waals surface area contributed by atoms with Crippen LogP contribution in [-0.2, 0) is 6.42 Å². The first-order chi connectivity index (χ1) is 9.75. The van der Waals surface area contributed by atoms with Gasteiger partial charge in [0.25, 0.3) is 5.91 Å². The molecule has 2 aromatic heterocycles. The highest BCUT2D eigenvalue weighted by molar-refractivity contribution is 14.1. The smallest absolute Gasteiger partial charge is 0.254 e. The van der Waals surface area contributed by atoms with Crippen LogP contribution in [0.2, 0.25) is 0 Å². The van der Waals surface area contributed by atoms with E-state index in [1.165, 1.54) is 11.5 Å². The average Bonchev–Trinajstić information content (AvgIpc) is 3.01. The molecule has 1 aliphatic rings. The molecule has 2 N–H and O–H groups in total. The fourth-order valence-electron chi connectivity index (χ4n) is 2.57. The van der Waals surface area contributed by atoms with Gasteiger partial charge in [0.05, 0.1) is 25.2 Å². The largest absolute Gasteiger partial charge is 0.356 e. The van der Waals surface area contributed by atoms with E-state index in [1.807, 2.05) is 18.2 Å². The lowest BCUT2D eigenvalue weighted by molar-refractivity contribution is 0.0945. The van der Waals surface area contributed by atoms with Crippen molar-refractivity contribution in [3.05, 3.63) is 39.1 Å². The molecule has 1 aliphatic heterocycles. The summed E-state index contributed by atoms with van der Waals surface area (Å²) < 4.78 is 5.47. The number of nitrogens with one attached hydrogen (secondary N) is 2. The van der Waals surface area contributed by atoms with Crippen LogP contribution < -0.4 is 5.32 Å². The lowest BCUT2D eigenvalue weighted by atomic mass is 10.1.